The van der Waals surface area contributed by atoms with Gasteiger partial charge >= 0.3 is 6.09 Å². The molecule has 3 rings (SSSR count). The van der Waals surface area contributed by atoms with Crippen molar-refractivity contribution in [1.82, 2.24) is 5.32 Å². The Kier molecular flexibility index (Phi) is 7.96. The maximum atomic E-state index is 14.9. The van der Waals surface area contributed by atoms with Gasteiger partial charge in [0.15, 0.2) is 0 Å². The van der Waals surface area contributed by atoms with Crippen molar-refractivity contribution in [2.75, 3.05) is 23.3 Å². The van der Waals surface area contributed by atoms with Crippen molar-refractivity contribution in [1.29, 1.82) is 0 Å². The zero-order valence-electron chi connectivity index (χ0n) is 17.7. The smallest absolute Gasteiger partial charge is 0.414 e. The minimum atomic E-state index is -2.80. The standard InChI is InChI=1S/C22H21BrF3N3O3S/c1-11(2)14-8-18(19(30)6-4-15(14)23)28-17-5-3-12(7-16(17)24)29-10-13(32-22(29)31)9-27-21(33)20(25)26/h3-8,11,13,20H,9-10H2,1-2H3,(H,27,33)(H,28,30)/t13-/m0/s1. The Morgan fingerprint density at radius 2 is 1.94 bits per heavy atom. The minimum Gasteiger partial charge on any atom is -0.442 e. The zero-order chi connectivity index (χ0) is 24.3. The van der Waals surface area contributed by atoms with Crippen molar-refractivity contribution in [2.24, 2.45) is 0 Å². The fraction of sp³-hybridized carbons (Fsp3) is 0.318. The van der Waals surface area contributed by atoms with Crippen molar-refractivity contribution in [3.8, 4) is 0 Å². The number of benzene rings is 1. The Hall–Kier alpha value is -2.66. The van der Waals surface area contributed by atoms with Crippen molar-refractivity contribution >= 4 is 56.3 Å². The molecule has 2 aromatic carbocycles. The molecule has 1 saturated heterocycles. The largest absolute Gasteiger partial charge is 0.442 e. The summed E-state index contributed by atoms with van der Waals surface area (Å²) in [6.07, 6.45) is -4.26. The highest BCUT2D eigenvalue weighted by Crippen LogP contribution is 2.29. The molecular formula is C22H21BrF3N3O3S. The molecule has 6 nitrogen and oxygen atoms in total. The van der Waals surface area contributed by atoms with Gasteiger partial charge in [0, 0.05) is 4.47 Å². The molecule has 0 aromatic heterocycles. The number of carbonyl (C=O) groups excluding carboxylic acids is 1. The van der Waals surface area contributed by atoms with Crippen LogP contribution in [-0.2, 0) is 4.74 Å². The van der Waals surface area contributed by atoms with Crippen LogP contribution >= 0.6 is 28.1 Å². The van der Waals surface area contributed by atoms with Crippen LogP contribution in [0.2, 0.25) is 0 Å². The van der Waals surface area contributed by atoms with Crippen LogP contribution in [0, 0.1) is 5.82 Å². The molecule has 0 spiro atoms. The van der Waals surface area contributed by atoms with Crippen molar-refractivity contribution in [3.05, 3.63) is 62.5 Å². The van der Waals surface area contributed by atoms with Gasteiger partial charge in [0.05, 0.1) is 30.2 Å². The Morgan fingerprint density at radius 1 is 1.21 bits per heavy atom. The highest BCUT2D eigenvalue weighted by Gasteiger charge is 2.33. The number of amides is 1. The van der Waals surface area contributed by atoms with Gasteiger partial charge in [-0.15, -0.1) is 0 Å². The molecule has 176 valence electrons. The summed E-state index contributed by atoms with van der Waals surface area (Å²) in [7, 11) is 0. The fourth-order valence-electron chi connectivity index (χ4n) is 3.22. The molecule has 1 aliphatic heterocycles. The van der Waals surface area contributed by atoms with Crippen molar-refractivity contribution in [2.45, 2.75) is 32.3 Å². The number of halogens is 4. The second-order valence-corrected chi connectivity index (χ2v) is 8.96. The van der Waals surface area contributed by atoms with E-state index in [1.165, 1.54) is 23.1 Å². The first-order valence-electron chi connectivity index (χ1n) is 10.0. The lowest BCUT2D eigenvalue weighted by molar-refractivity contribution is 0.142. The van der Waals surface area contributed by atoms with Crippen LogP contribution < -0.4 is 21.0 Å². The number of hydrogen-bond donors (Lipinski definition) is 2. The van der Waals surface area contributed by atoms with E-state index in [4.69, 9.17) is 4.74 Å². The first kappa shape index (κ1) is 25.0. The van der Waals surface area contributed by atoms with E-state index in [9.17, 15) is 22.8 Å². The van der Waals surface area contributed by atoms with Gasteiger partial charge in [-0.2, -0.15) is 0 Å². The van der Waals surface area contributed by atoms with Gasteiger partial charge in [-0.25, -0.2) is 18.0 Å². The second kappa shape index (κ2) is 10.5. The SMILES string of the molecule is CC(C)c1cc(Nc2ccc(N3C[C@H](CNC(=S)C(F)F)OC3=O)cc2F)c(=O)ccc1Br. The molecular weight excluding hydrogens is 523 g/mol. The third kappa shape index (κ3) is 6.02. The van der Waals surface area contributed by atoms with E-state index in [1.807, 2.05) is 13.8 Å². The summed E-state index contributed by atoms with van der Waals surface area (Å²) in [5, 5.41) is 5.17. The van der Waals surface area contributed by atoms with Crippen LogP contribution in [0.5, 0.6) is 0 Å². The highest BCUT2D eigenvalue weighted by atomic mass is 79.9. The molecule has 2 aromatic rings. The first-order chi connectivity index (χ1) is 15.6. The summed E-state index contributed by atoms with van der Waals surface area (Å²) in [4.78, 5) is 25.2. The van der Waals surface area contributed by atoms with Crippen LogP contribution in [0.4, 0.5) is 35.0 Å². The predicted molar refractivity (Wildman–Crippen MR) is 128 cm³/mol. The van der Waals surface area contributed by atoms with Gasteiger partial charge in [-0.05, 0) is 47.9 Å². The highest BCUT2D eigenvalue weighted by molar-refractivity contribution is 9.10. The maximum Gasteiger partial charge on any atom is 0.414 e. The summed E-state index contributed by atoms with van der Waals surface area (Å²) in [5.74, 6) is -0.561. The maximum absolute atomic E-state index is 14.9. The number of rotatable bonds is 7. The van der Waals surface area contributed by atoms with Crippen LogP contribution in [-0.4, -0.2) is 36.7 Å². The van der Waals surface area contributed by atoms with E-state index in [0.717, 1.165) is 16.1 Å². The molecule has 0 bridgehead atoms. The minimum absolute atomic E-state index is 0.0366. The van der Waals surface area contributed by atoms with Gasteiger partial charge < -0.3 is 15.4 Å². The molecule has 1 aliphatic rings. The number of cyclic esters (lactones) is 1. The third-order valence-electron chi connectivity index (χ3n) is 4.95. The summed E-state index contributed by atoms with van der Waals surface area (Å²) < 4.78 is 45.7. The van der Waals surface area contributed by atoms with Crippen molar-refractivity contribution in [3.63, 3.8) is 0 Å². The summed E-state index contributed by atoms with van der Waals surface area (Å²) >= 11 is 7.94. The number of alkyl halides is 2. The molecule has 33 heavy (non-hydrogen) atoms. The Balaban J connectivity index is 1.77. The molecule has 1 heterocycles. The van der Waals surface area contributed by atoms with E-state index in [1.54, 1.807) is 12.1 Å². The van der Waals surface area contributed by atoms with Gasteiger partial charge in [-0.1, -0.05) is 42.0 Å². The lowest BCUT2D eigenvalue weighted by Gasteiger charge is -2.15. The number of hydrogen-bond acceptors (Lipinski definition) is 5. The van der Waals surface area contributed by atoms with Crippen LogP contribution in [0.3, 0.4) is 0 Å². The topological polar surface area (TPSA) is 70.7 Å². The molecule has 11 heteroatoms. The average molecular weight is 544 g/mol. The van der Waals surface area contributed by atoms with E-state index in [0.29, 0.717) is 0 Å². The molecule has 2 N–H and O–H groups in total. The first-order valence-corrected chi connectivity index (χ1v) is 11.2. The number of nitrogens with one attached hydrogen (secondary N) is 2. The quantitative estimate of drug-likeness (QED) is 0.460. The lowest BCUT2D eigenvalue weighted by atomic mass is 10.1. The van der Waals surface area contributed by atoms with Crippen LogP contribution in [0.1, 0.15) is 25.3 Å². The molecule has 0 aliphatic carbocycles. The normalized spacial score (nSPS) is 15.7. The summed E-state index contributed by atoms with van der Waals surface area (Å²) in [6, 6.07) is 8.75. The average Bonchev–Trinajstić information content (AvgIpc) is 3.06. The number of anilines is 3. The Morgan fingerprint density at radius 3 is 2.58 bits per heavy atom. The third-order valence-corrected chi connectivity index (χ3v) is 6.00. The van der Waals surface area contributed by atoms with Gasteiger partial charge in [-0.3, -0.25) is 9.69 Å². The molecule has 0 unspecified atom stereocenters. The fourth-order valence-corrected chi connectivity index (χ4v) is 4.01. The van der Waals surface area contributed by atoms with Gasteiger partial charge in [0.1, 0.15) is 16.9 Å². The van der Waals surface area contributed by atoms with E-state index >= 15 is 0 Å². The number of thiocarbonyl (C=S) groups is 1. The number of carbonyl (C=O) groups is 1. The lowest BCUT2D eigenvalue weighted by Crippen LogP contribution is -2.36. The molecule has 1 amide bonds. The molecule has 0 saturated carbocycles. The second-order valence-electron chi connectivity index (χ2n) is 7.66. The van der Waals surface area contributed by atoms with E-state index in [-0.39, 0.29) is 41.5 Å². The molecule has 1 fully saturated rings. The van der Waals surface area contributed by atoms with Gasteiger partial charge in [0.25, 0.3) is 6.43 Å². The number of nitrogens with zero attached hydrogens (tertiary/aromatic N) is 1. The molecule has 1 atom stereocenters. The Labute approximate surface area is 202 Å². The van der Waals surface area contributed by atoms with Crippen molar-refractivity contribution < 1.29 is 22.7 Å². The Bertz CT molecular complexity index is 1130. The monoisotopic (exact) mass is 543 g/mol. The summed E-state index contributed by atoms with van der Waals surface area (Å²) in [6.45, 7) is 3.90. The number of ether oxygens (including phenoxy) is 1. The summed E-state index contributed by atoms with van der Waals surface area (Å²) in [5.41, 5.74) is 1.06. The van der Waals surface area contributed by atoms with Crippen LogP contribution in [0.15, 0.2) is 45.7 Å². The zero-order valence-corrected chi connectivity index (χ0v) is 20.1. The van der Waals surface area contributed by atoms with Crippen LogP contribution in [0.25, 0.3) is 0 Å². The predicted octanol–water partition coefficient (Wildman–Crippen LogP) is 5.32. The molecule has 0 radical (unpaired) electrons. The van der Waals surface area contributed by atoms with E-state index in [2.05, 4.69) is 38.8 Å². The van der Waals surface area contributed by atoms with Gasteiger partial charge in [0.2, 0.25) is 5.43 Å². The van der Waals surface area contributed by atoms with E-state index < -0.39 is 29.4 Å².